The number of hydrogen-bond donors (Lipinski definition) is 4. The van der Waals surface area contributed by atoms with Crippen molar-refractivity contribution in [1.29, 1.82) is 0 Å². The number of carbonyl (C=O) groups is 1. The fraction of sp³-hybridized carbons (Fsp3) is 0.0833. The van der Waals surface area contributed by atoms with Gasteiger partial charge in [0.25, 0.3) is 15.9 Å². The van der Waals surface area contributed by atoms with Gasteiger partial charge in [-0.1, -0.05) is 24.3 Å². The standard InChI is InChI=1S/C24H20N4O4S2/c29-11-10-16-12-15(6-7-19(16)27-28-34(31,32)17-4-2-1-3-5-17)13-18-22-20(26-24(18)30)8-9-21-23(22)33-14-25-21/h1-9,12-14,27-29H,10-11H2,(H,26,30). The molecule has 0 spiro atoms. The van der Waals surface area contributed by atoms with Gasteiger partial charge < -0.3 is 15.8 Å². The number of aliphatic hydroxyl groups excluding tert-OH is 1. The molecule has 5 rings (SSSR count). The van der Waals surface area contributed by atoms with Crippen molar-refractivity contribution >= 4 is 60.5 Å². The first-order chi connectivity index (χ1) is 16.5. The van der Waals surface area contributed by atoms with Gasteiger partial charge in [-0.3, -0.25) is 4.79 Å². The minimum atomic E-state index is -3.77. The number of thiazole rings is 1. The van der Waals surface area contributed by atoms with E-state index < -0.39 is 10.0 Å². The average Bonchev–Trinajstić information content (AvgIpc) is 3.43. The molecule has 0 atom stereocenters. The molecule has 0 bridgehead atoms. The van der Waals surface area contributed by atoms with Gasteiger partial charge in [0.05, 0.1) is 37.6 Å². The zero-order chi connectivity index (χ0) is 23.7. The molecule has 1 aliphatic rings. The summed E-state index contributed by atoms with van der Waals surface area (Å²) in [6, 6.07) is 17.1. The van der Waals surface area contributed by atoms with E-state index in [1.54, 1.807) is 41.9 Å². The third-order valence-corrected chi connectivity index (χ3v) is 7.58. The predicted octanol–water partition coefficient (Wildman–Crippen LogP) is 3.63. The Morgan fingerprint density at radius 3 is 2.71 bits per heavy atom. The summed E-state index contributed by atoms with van der Waals surface area (Å²) in [5, 5.41) is 12.4. The number of nitrogens with one attached hydrogen (secondary N) is 3. The van der Waals surface area contributed by atoms with Crippen molar-refractivity contribution < 1.29 is 18.3 Å². The normalized spacial score (nSPS) is 14.4. The minimum Gasteiger partial charge on any atom is -0.396 e. The largest absolute Gasteiger partial charge is 0.396 e. The lowest BCUT2D eigenvalue weighted by Crippen LogP contribution is -2.30. The summed E-state index contributed by atoms with van der Waals surface area (Å²) in [7, 11) is -3.77. The summed E-state index contributed by atoms with van der Waals surface area (Å²) in [6.45, 7) is -0.120. The number of aliphatic hydroxyl groups is 1. The zero-order valence-electron chi connectivity index (χ0n) is 17.8. The topological polar surface area (TPSA) is 120 Å². The number of nitrogens with zero attached hydrogens (tertiary/aromatic N) is 1. The lowest BCUT2D eigenvalue weighted by Gasteiger charge is -2.14. The zero-order valence-corrected chi connectivity index (χ0v) is 19.4. The van der Waals surface area contributed by atoms with Crippen LogP contribution in [0.3, 0.4) is 0 Å². The number of benzene rings is 3. The molecule has 1 aliphatic heterocycles. The number of fused-ring (bicyclic) bond motifs is 3. The van der Waals surface area contributed by atoms with E-state index >= 15 is 0 Å². The molecule has 0 fully saturated rings. The van der Waals surface area contributed by atoms with Gasteiger partial charge in [-0.2, -0.15) is 0 Å². The number of carbonyl (C=O) groups excluding carboxylic acids is 1. The van der Waals surface area contributed by atoms with Crippen LogP contribution in [0.5, 0.6) is 0 Å². The summed E-state index contributed by atoms with van der Waals surface area (Å²) in [5.41, 5.74) is 9.39. The first-order valence-corrected chi connectivity index (χ1v) is 12.8. The van der Waals surface area contributed by atoms with E-state index in [0.717, 1.165) is 27.0 Å². The van der Waals surface area contributed by atoms with Gasteiger partial charge in [-0.05, 0) is 60.0 Å². The Labute approximate surface area is 200 Å². The molecule has 2 heterocycles. The van der Waals surface area contributed by atoms with E-state index in [4.69, 9.17) is 0 Å². The summed E-state index contributed by atoms with van der Waals surface area (Å²) in [6.07, 6.45) is 2.09. The van der Waals surface area contributed by atoms with Crippen molar-refractivity contribution in [2.75, 3.05) is 17.3 Å². The van der Waals surface area contributed by atoms with Crippen LogP contribution in [0.2, 0.25) is 0 Å². The minimum absolute atomic E-state index is 0.120. The molecular weight excluding hydrogens is 472 g/mol. The van der Waals surface area contributed by atoms with Gasteiger partial charge in [-0.25, -0.2) is 13.4 Å². The molecular formula is C24H20N4O4S2. The maximum atomic E-state index is 12.7. The lowest BCUT2D eigenvalue weighted by atomic mass is 10.0. The van der Waals surface area contributed by atoms with Crippen molar-refractivity contribution in [1.82, 2.24) is 9.82 Å². The molecule has 0 unspecified atom stereocenters. The molecule has 10 heteroatoms. The average molecular weight is 493 g/mol. The molecule has 0 saturated carbocycles. The second-order valence-electron chi connectivity index (χ2n) is 7.63. The second-order valence-corrected chi connectivity index (χ2v) is 10.2. The summed E-state index contributed by atoms with van der Waals surface area (Å²) in [4.78, 5) is 19.5. The van der Waals surface area contributed by atoms with E-state index in [0.29, 0.717) is 23.2 Å². The van der Waals surface area contributed by atoms with E-state index in [1.807, 2.05) is 18.2 Å². The van der Waals surface area contributed by atoms with Crippen LogP contribution in [0.15, 0.2) is 71.1 Å². The quantitative estimate of drug-likeness (QED) is 0.231. The van der Waals surface area contributed by atoms with Gasteiger partial charge >= 0.3 is 0 Å². The predicted molar refractivity (Wildman–Crippen MR) is 134 cm³/mol. The van der Waals surface area contributed by atoms with Crippen LogP contribution >= 0.6 is 11.3 Å². The monoisotopic (exact) mass is 492 g/mol. The molecule has 8 nitrogen and oxygen atoms in total. The van der Waals surface area contributed by atoms with Gasteiger partial charge in [0, 0.05) is 12.2 Å². The fourth-order valence-corrected chi connectivity index (χ4v) is 5.57. The van der Waals surface area contributed by atoms with Crippen LogP contribution in [0.1, 0.15) is 16.7 Å². The molecule has 0 saturated heterocycles. The van der Waals surface area contributed by atoms with Gasteiger partial charge in [0.1, 0.15) is 0 Å². The highest BCUT2D eigenvalue weighted by Gasteiger charge is 2.27. The van der Waals surface area contributed by atoms with E-state index in [-0.39, 0.29) is 17.4 Å². The Bertz CT molecular complexity index is 1530. The van der Waals surface area contributed by atoms with Crippen molar-refractivity contribution in [3.63, 3.8) is 0 Å². The van der Waals surface area contributed by atoms with Crippen molar-refractivity contribution in [2.45, 2.75) is 11.3 Å². The molecule has 1 amide bonds. The van der Waals surface area contributed by atoms with Gasteiger partial charge in [0.15, 0.2) is 0 Å². The van der Waals surface area contributed by atoms with E-state index in [2.05, 4.69) is 20.6 Å². The van der Waals surface area contributed by atoms with E-state index in [1.165, 1.54) is 23.5 Å². The Morgan fingerprint density at radius 2 is 1.91 bits per heavy atom. The van der Waals surface area contributed by atoms with Crippen LogP contribution in [0, 0.1) is 0 Å². The van der Waals surface area contributed by atoms with Crippen LogP contribution in [0.25, 0.3) is 21.9 Å². The van der Waals surface area contributed by atoms with Crippen molar-refractivity contribution in [2.24, 2.45) is 0 Å². The highest BCUT2D eigenvalue weighted by atomic mass is 32.2. The number of hydrazine groups is 1. The molecule has 0 aliphatic carbocycles. The SMILES string of the molecule is O=C1Nc2ccc3ncsc3c2C1=Cc1ccc(NNS(=O)(=O)c2ccccc2)c(CCO)c1. The first-order valence-electron chi connectivity index (χ1n) is 10.4. The maximum Gasteiger partial charge on any atom is 0.257 e. The van der Waals surface area contributed by atoms with Crippen molar-refractivity contribution in [3.05, 3.63) is 82.9 Å². The number of aromatic nitrogens is 1. The number of rotatable bonds is 7. The number of anilines is 2. The third kappa shape index (κ3) is 4.19. The Hall–Kier alpha value is -3.57. The Kier molecular flexibility index (Phi) is 5.88. The smallest absolute Gasteiger partial charge is 0.257 e. The number of sulfonamides is 1. The molecule has 4 N–H and O–H groups in total. The molecule has 4 aromatic rings. The molecule has 34 heavy (non-hydrogen) atoms. The van der Waals surface area contributed by atoms with E-state index in [9.17, 15) is 18.3 Å². The van der Waals surface area contributed by atoms with Crippen LogP contribution in [-0.2, 0) is 21.2 Å². The highest BCUT2D eigenvalue weighted by Crippen LogP contribution is 2.40. The lowest BCUT2D eigenvalue weighted by molar-refractivity contribution is -0.110. The first kappa shape index (κ1) is 22.2. The molecule has 0 radical (unpaired) electrons. The van der Waals surface area contributed by atoms with Gasteiger partial charge in [-0.15, -0.1) is 16.2 Å². The molecule has 1 aromatic heterocycles. The number of hydrogen-bond acceptors (Lipinski definition) is 7. The Morgan fingerprint density at radius 1 is 1.09 bits per heavy atom. The summed E-state index contributed by atoms with van der Waals surface area (Å²) in [5.74, 6) is -0.197. The summed E-state index contributed by atoms with van der Waals surface area (Å²) < 4.78 is 26.0. The number of amides is 1. The van der Waals surface area contributed by atoms with Gasteiger partial charge in [0.2, 0.25) is 0 Å². The van der Waals surface area contributed by atoms with Crippen LogP contribution < -0.4 is 15.6 Å². The van der Waals surface area contributed by atoms with Crippen LogP contribution in [-0.4, -0.2) is 31.0 Å². The fourth-order valence-electron chi connectivity index (χ4n) is 3.84. The molecule has 3 aromatic carbocycles. The highest BCUT2D eigenvalue weighted by molar-refractivity contribution is 7.89. The maximum absolute atomic E-state index is 12.7. The molecule has 172 valence electrons. The van der Waals surface area contributed by atoms with Crippen LogP contribution in [0.4, 0.5) is 11.4 Å². The third-order valence-electron chi connectivity index (χ3n) is 5.46. The van der Waals surface area contributed by atoms with Crippen molar-refractivity contribution in [3.8, 4) is 0 Å². The summed E-state index contributed by atoms with van der Waals surface area (Å²) >= 11 is 1.48. The second kappa shape index (κ2) is 8.99. The Balaban J connectivity index is 1.46.